The van der Waals surface area contributed by atoms with Crippen LogP contribution < -0.4 is 20.7 Å². The van der Waals surface area contributed by atoms with Crippen molar-refractivity contribution in [1.29, 1.82) is 0 Å². The smallest absolute Gasteiger partial charge is 0.336 e. The Labute approximate surface area is 253 Å². The van der Waals surface area contributed by atoms with Crippen LogP contribution in [-0.2, 0) is 11.2 Å². The number of nitrogens with zero attached hydrogens (tertiary/aromatic N) is 3. The third-order valence-electron chi connectivity index (χ3n) is 8.59. The van der Waals surface area contributed by atoms with E-state index in [9.17, 15) is 14.7 Å². The quantitative estimate of drug-likeness (QED) is 0.288. The van der Waals surface area contributed by atoms with E-state index < -0.39 is 17.3 Å². The SMILES string of the molecule is CCCc1cc(=O)oc2c3c(c4c(c12)OC(C)(C)C=C4)O[C@@H](C)[C@H](C)[C@@H]3O.O=c1[nH]cnc2c1ncn2[C@H]1CC[C@@H](CO)O1. The third-order valence-corrected chi connectivity index (χ3v) is 8.59. The van der Waals surface area contributed by atoms with E-state index in [1.807, 2.05) is 39.8 Å². The van der Waals surface area contributed by atoms with E-state index in [1.54, 1.807) is 10.9 Å². The maximum atomic E-state index is 12.3. The van der Waals surface area contributed by atoms with Gasteiger partial charge in [-0.2, -0.15) is 0 Å². The number of aliphatic hydroxyl groups is 2. The minimum absolute atomic E-state index is 0.0111. The molecule has 1 aromatic carbocycles. The summed E-state index contributed by atoms with van der Waals surface area (Å²) in [4.78, 5) is 34.3. The molecule has 1 saturated heterocycles. The highest BCUT2D eigenvalue weighted by molar-refractivity contribution is 5.97. The van der Waals surface area contributed by atoms with Gasteiger partial charge in [-0.05, 0) is 57.7 Å². The van der Waals surface area contributed by atoms with Crippen molar-refractivity contribution >= 4 is 28.2 Å². The second-order valence-corrected chi connectivity index (χ2v) is 12.2. The number of aryl methyl sites for hydroxylation is 1. The number of aromatic nitrogens is 4. The van der Waals surface area contributed by atoms with Crippen LogP contribution in [0.25, 0.3) is 28.2 Å². The molecule has 4 aromatic rings. The van der Waals surface area contributed by atoms with Crippen molar-refractivity contribution in [1.82, 2.24) is 19.5 Å². The summed E-state index contributed by atoms with van der Waals surface area (Å²) in [5, 5.41) is 20.8. The molecule has 12 heteroatoms. The first-order chi connectivity index (χ1) is 21.0. The number of aliphatic hydroxyl groups excluding tert-OH is 2. The van der Waals surface area contributed by atoms with Crippen LogP contribution in [0.5, 0.6) is 11.5 Å². The Bertz CT molecular complexity index is 1860. The van der Waals surface area contributed by atoms with E-state index in [0.29, 0.717) is 33.8 Å². The van der Waals surface area contributed by atoms with Crippen molar-refractivity contribution in [3.8, 4) is 11.5 Å². The average molecular weight is 607 g/mol. The molecule has 0 saturated carbocycles. The molecule has 3 aliphatic rings. The standard InChI is InChI=1S/C22H26O5.C10H12N4O3/c1-6-7-13-10-15(23)26-21-16(13)20-14(8-9-22(4,5)27-20)19-17(21)18(24)11(2)12(3)25-19;15-3-6-1-2-7(17-6)14-5-13-8-9(14)11-4-12-10(8)16/h8-12,18,24H,6-7H2,1-5H3;4-7,15H,1-3H2,(H,11,12,16)/t11-,12-,18-;6-,7+/m00/s1. The van der Waals surface area contributed by atoms with Gasteiger partial charge in [0.1, 0.15) is 29.4 Å². The minimum Gasteiger partial charge on any atom is -0.489 e. The molecule has 0 aliphatic carbocycles. The summed E-state index contributed by atoms with van der Waals surface area (Å²) in [6, 6.07) is 1.54. The van der Waals surface area contributed by atoms with Crippen LogP contribution in [0.4, 0.5) is 0 Å². The van der Waals surface area contributed by atoms with Crippen molar-refractivity contribution in [2.24, 2.45) is 5.92 Å². The number of hydrogen-bond acceptors (Lipinski definition) is 10. The van der Waals surface area contributed by atoms with Crippen LogP contribution >= 0.6 is 0 Å². The van der Waals surface area contributed by atoms with Gasteiger partial charge in [0.05, 0.1) is 48.0 Å². The monoisotopic (exact) mass is 606 g/mol. The largest absolute Gasteiger partial charge is 0.489 e. The van der Waals surface area contributed by atoms with Gasteiger partial charge in [0.2, 0.25) is 0 Å². The molecule has 44 heavy (non-hydrogen) atoms. The van der Waals surface area contributed by atoms with Crippen molar-refractivity contribution in [2.75, 3.05) is 6.61 Å². The lowest BCUT2D eigenvalue weighted by molar-refractivity contribution is -0.0207. The van der Waals surface area contributed by atoms with Crippen LogP contribution in [-0.4, -0.2) is 54.1 Å². The van der Waals surface area contributed by atoms with E-state index in [2.05, 4.69) is 21.9 Å². The van der Waals surface area contributed by atoms with E-state index >= 15 is 0 Å². The Kier molecular flexibility index (Phi) is 7.85. The fourth-order valence-corrected chi connectivity index (χ4v) is 6.08. The normalized spacial score (nSPS) is 25.1. The molecule has 5 atom stereocenters. The van der Waals surface area contributed by atoms with E-state index in [-0.39, 0.29) is 36.5 Å². The number of benzene rings is 1. The molecule has 7 rings (SSSR count). The average Bonchev–Trinajstić information content (AvgIpc) is 3.63. The number of H-pyrrole nitrogens is 1. The number of nitrogens with one attached hydrogen (secondary N) is 1. The van der Waals surface area contributed by atoms with Gasteiger partial charge in [0.15, 0.2) is 16.7 Å². The van der Waals surface area contributed by atoms with Gasteiger partial charge >= 0.3 is 5.63 Å². The van der Waals surface area contributed by atoms with Crippen LogP contribution in [0, 0.1) is 5.92 Å². The maximum absolute atomic E-state index is 12.3. The summed E-state index contributed by atoms with van der Waals surface area (Å²) in [7, 11) is 0. The summed E-state index contributed by atoms with van der Waals surface area (Å²) in [5.74, 6) is 1.10. The molecule has 0 bridgehead atoms. The number of rotatable bonds is 4. The zero-order valence-corrected chi connectivity index (χ0v) is 25.5. The molecule has 0 unspecified atom stereocenters. The first-order valence-corrected chi connectivity index (χ1v) is 15.1. The van der Waals surface area contributed by atoms with E-state index in [1.165, 1.54) is 12.4 Å². The summed E-state index contributed by atoms with van der Waals surface area (Å²) >= 11 is 0. The number of aromatic amines is 1. The Morgan fingerprint density at radius 2 is 1.95 bits per heavy atom. The topological polar surface area (TPSA) is 162 Å². The number of imidazole rings is 1. The summed E-state index contributed by atoms with van der Waals surface area (Å²) in [6.45, 7) is 9.92. The molecule has 0 radical (unpaired) electrons. The van der Waals surface area contributed by atoms with Crippen molar-refractivity contribution < 1.29 is 28.8 Å². The summed E-state index contributed by atoms with van der Waals surface area (Å²) in [5.41, 5.74) is 2.28. The zero-order chi connectivity index (χ0) is 31.3. The van der Waals surface area contributed by atoms with Crippen molar-refractivity contribution in [3.05, 3.63) is 62.3 Å². The number of ether oxygens (including phenoxy) is 3. The second kappa shape index (κ2) is 11.5. The lowest BCUT2D eigenvalue weighted by Crippen LogP contribution is -2.34. The van der Waals surface area contributed by atoms with Gasteiger partial charge in [0, 0.05) is 12.0 Å². The Morgan fingerprint density at radius 1 is 1.16 bits per heavy atom. The Balaban J connectivity index is 0.000000173. The number of fused-ring (bicyclic) bond motifs is 7. The molecule has 1 fully saturated rings. The lowest BCUT2D eigenvalue weighted by atomic mass is 9.85. The molecule has 6 heterocycles. The molecular weight excluding hydrogens is 568 g/mol. The predicted molar refractivity (Wildman–Crippen MR) is 163 cm³/mol. The molecule has 0 spiro atoms. The molecule has 0 amide bonds. The predicted octanol–water partition coefficient (Wildman–Crippen LogP) is 4.17. The van der Waals surface area contributed by atoms with E-state index in [4.69, 9.17) is 23.7 Å². The van der Waals surface area contributed by atoms with Crippen LogP contribution in [0.3, 0.4) is 0 Å². The Morgan fingerprint density at radius 3 is 2.68 bits per heavy atom. The summed E-state index contributed by atoms with van der Waals surface area (Å²) < 4.78 is 25.5. The first kappa shape index (κ1) is 30.0. The van der Waals surface area contributed by atoms with Gasteiger partial charge in [0.25, 0.3) is 5.56 Å². The summed E-state index contributed by atoms with van der Waals surface area (Å²) in [6.07, 6.45) is 8.79. The van der Waals surface area contributed by atoms with E-state index in [0.717, 1.165) is 42.2 Å². The first-order valence-electron chi connectivity index (χ1n) is 15.1. The Hall–Kier alpha value is -4.00. The second-order valence-electron chi connectivity index (χ2n) is 12.2. The van der Waals surface area contributed by atoms with Crippen LogP contribution in [0.1, 0.15) is 82.9 Å². The molecule has 3 aromatic heterocycles. The van der Waals surface area contributed by atoms with Crippen molar-refractivity contribution in [2.45, 2.75) is 90.4 Å². The lowest BCUT2D eigenvalue weighted by Gasteiger charge is -2.37. The molecule has 12 nitrogen and oxygen atoms in total. The van der Waals surface area contributed by atoms with Gasteiger partial charge in [-0.3, -0.25) is 9.36 Å². The van der Waals surface area contributed by atoms with Gasteiger partial charge in [-0.25, -0.2) is 14.8 Å². The van der Waals surface area contributed by atoms with Gasteiger partial charge < -0.3 is 33.8 Å². The van der Waals surface area contributed by atoms with Crippen molar-refractivity contribution in [3.63, 3.8) is 0 Å². The maximum Gasteiger partial charge on any atom is 0.336 e. The van der Waals surface area contributed by atoms with Gasteiger partial charge in [-0.1, -0.05) is 20.3 Å². The molecule has 234 valence electrons. The van der Waals surface area contributed by atoms with Crippen LogP contribution in [0.2, 0.25) is 0 Å². The fraction of sp³-hybridized carbons (Fsp3) is 0.500. The van der Waals surface area contributed by atoms with Crippen LogP contribution in [0.15, 0.2) is 38.8 Å². The highest BCUT2D eigenvalue weighted by atomic mass is 16.5. The highest BCUT2D eigenvalue weighted by Gasteiger charge is 2.40. The van der Waals surface area contributed by atoms with Gasteiger partial charge in [-0.15, -0.1) is 0 Å². The minimum atomic E-state index is -0.778. The third kappa shape index (κ3) is 5.20. The zero-order valence-electron chi connectivity index (χ0n) is 25.5. The molecule has 3 aliphatic heterocycles. The fourth-order valence-electron chi connectivity index (χ4n) is 6.08. The highest BCUT2D eigenvalue weighted by Crippen LogP contribution is 2.52. The molecular formula is C32H38N4O8. The number of hydrogen-bond donors (Lipinski definition) is 3. The molecule has 3 N–H and O–H groups in total.